The van der Waals surface area contributed by atoms with Crippen molar-refractivity contribution in [3.63, 3.8) is 0 Å². The average molecular weight is 965 g/mol. The molecule has 2 fully saturated rings. The summed E-state index contributed by atoms with van der Waals surface area (Å²) < 4.78 is 24.1. The van der Waals surface area contributed by atoms with E-state index in [2.05, 4.69) is 84.3 Å². The molecular formula is C52H56Br2N2O6. The highest BCUT2D eigenvalue weighted by Crippen LogP contribution is 2.39. The maximum Gasteiger partial charge on any atom is 0.338 e. The molecule has 2 aliphatic rings. The number of rotatable bonds is 13. The molecule has 2 aromatic heterocycles. The lowest BCUT2D eigenvalue weighted by Crippen LogP contribution is -2.15. The van der Waals surface area contributed by atoms with Crippen LogP contribution in [0.15, 0.2) is 118 Å². The fraction of sp³-hybridized carbons (Fsp3) is 0.346. The zero-order valence-corrected chi connectivity index (χ0v) is 39.1. The first-order valence-electron chi connectivity index (χ1n) is 21.9. The lowest BCUT2D eigenvalue weighted by molar-refractivity contribution is 0.0525. The van der Waals surface area contributed by atoms with E-state index in [9.17, 15) is 14.7 Å². The molecule has 0 aliphatic heterocycles. The Morgan fingerprint density at radius 2 is 1.05 bits per heavy atom. The van der Waals surface area contributed by atoms with Gasteiger partial charge in [-0.1, -0.05) is 82.5 Å². The standard InChI is InChI=1S/C27H30BrNO3.C25H26BrNO3/c1-3-31-27(30)21-10-7-11-23(16-21)29-19(2)12-14-25(29)24-17-22(28)13-15-26(24)32-18-20-8-5-4-6-9-20;1-17-10-12-23(27(17)21-9-5-8-19(14-21)25(28)29)22-15-20(26)11-13-24(22)30-16-18-6-3-2-4-7-18/h7,10-17,20H,3-6,8-9,18H2,1-2H3;5,8-15,18H,2-4,6-7,16H2,1H3,(H,28,29). The van der Waals surface area contributed by atoms with Crippen LogP contribution in [0.1, 0.15) is 103 Å². The number of ether oxygens (including phenoxy) is 3. The number of aromatic nitrogens is 2. The van der Waals surface area contributed by atoms with Crippen molar-refractivity contribution in [3.05, 3.63) is 141 Å². The van der Waals surface area contributed by atoms with Gasteiger partial charge in [0.25, 0.3) is 0 Å². The maximum atomic E-state index is 12.3. The monoisotopic (exact) mass is 962 g/mol. The van der Waals surface area contributed by atoms with Gasteiger partial charge in [-0.25, -0.2) is 9.59 Å². The van der Waals surface area contributed by atoms with Gasteiger partial charge in [0.1, 0.15) is 11.5 Å². The Hall–Kier alpha value is -5.06. The Kier molecular flexibility index (Phi) is 15.5. The second-order valence-corrected chi connectivity index (χ2v) is 18.3. The Balaban J connectivity index is 0.000000187. The molecule has 324 valence electrons. The van der Waals surface area contributed by atoms with Gasteiger partial charge in [-0.2, -0.15) is 0 Å². The van der Waals surface area contributed by atoms with Crippen molar-refractivity contribution in [1.29, 1.82) is 0 Å². The average Bonchev–Trinajstić information content (AvgIpc) is 3.88. The molecule has 62 heavy (non-hydrogen) atoms. The van der Waals surface area contributed by atoms with Crippen LogP contribution < -0.4 is 9.47 Å². The molecule has 0 amide bonds. The van der Waals surface area contributed by atoms with E-state index >= 15 is 0 Å². The van der Waals surface area contributed by atoms with Crippen molar-refractivity contribution in [2.24, 2.45) is 11.8 Å². The third-order valence-corrected chi connectivity index (χ3v) is 12.9. The van der Waals surface area contributed by atoms with Gasteiger partial charge in [0.05, 0.1) is 42.3 Å². The number of hydrogen-bond donors (Lipinski definition) is 1. The zero-order chi connectivity index (χ0) is 43.6. The molecular weight excluding hydrogens is 908 g/mol. The molecule has 2 aliphatic carbocycles. The molecule has 8 nitrogen and oxygen atoms in total. The number of carboxylic acid groups (broad SMARTS) is 1. The van der Waals surface area contributed by atoms with Gasteiger partial charge >= 0.3 is 11.9 Å². The first-order chi connectivity index (χ1) is 30.1. The van der Waals surface area contributed by atoms with Gasteiger partial charge in [0.15, 0.2) is 0 Å². The Morgan fingerprint density at radius 3 is 1.50 bits per heavy atom. The number of hydrogen-bond acceptors (Lipinski definition) is 5. The van der Waals surface area contributed by atoms with Crippen LogP contribution in [0, 0.1) is 25.7 Å². The van der Waals surface area contributed by atoms with Gasteiger partial charge in [0, 0.05) is 42.8 Å². The van der Waals surface area contributed by atoms with Crippen molar-refractivity contribution in [2.75, 3.05) is 19.8 Å². The molecule has 8 rings (SSSR count). The maximum absolute atomic E-state index is 12.3. The summed E-state index contributed by atoms with van der Waals surface area (Å²) in [5.74, 6) is 1.77. The number of carbonyl (C=O) groups excluding carboxylic acids is 1. The molecule has 4 aromatic carbocycles. The van der Waals surface area contributed by atoms with Gasteiger partial charge in [-0.3, -0.25) is 0 Å². The van der Waals surface area contributed by atoms with Crippen LogP contribution in [-0.2, 0) is 4.74 Å². The first kappa shape index (κ1) is 45.0. The molecule has 10 heteroatoms. The van der Waals surface area contributed by atoms with E-state index in [1.165, 1.54) is 64.2 Å². The van der Waals surface area contributed by atoms with E-state index in [4.69, 9.17) is 14.2 Å². The summed E-state index contributed by atoms with van der Waals surface area (Å²) in [6, 6.07) is 35.2. The zero-order valence-electron chi connectivity index (χ0n) is 35.9. The van der Waals surface area contributed by atoms with Crippen LogP contribution in [0.2, 0.25) is 0 Å². The molecule has 2 saturated carbocycles. The molecule has 2 heterocycles. The summed E-state index contributed by atoms with van der Waals surface area (Å²) in [7, 11) is 0. The second-order valence-electron chi connectivity index (χ2n) is 16.4. The highest BCUT2D eigenvalue weighted by Gasteiger charge is 2.21. The van der Waals surface area contributed by atoms with Crippen molar-refractivity contribution < 1.29 is 28.9 Å². The van der Waals surface area contributed by atoms with Gasteiger partial charge in [-0.15, -0.1) is 0 Å². The number of benzene rings is 4. The fourth-order valence-electron chi connectivity index (χ4n) is 8.73. The van der Waals surface area contributed by atoms with Crippen molar-refractivity contribution >= 4 is 43.8 Å². The number of esters is 1. The smallest absolute Gasteiger partial charge is 0.338 e. The normalized spacial score (nSPS) is 14.5. The van der Waals surface area contributed by atoms with Gasteiger partial charge in [0.2, 0.25) is 0 Å². The predicted molar refractivity (Wildman–Crippen MR) is 254 cm³/mol. The number of halogens is 2. The van der Waals surface area contributed by atoms with Crippen LogP contribution in [-0.4, -0.2) is 46.0 Å². The van der Waals surface area contributed by atoms with Gasteiger partial charge < -0.3 is 28.5 Å². The summed E-state index contributed by atoms with van der Waals surface area (Å²) >= 11 is 7.23. The van der Waals surface area contributed by atoms with Crippen LogP contribution in [0.3, 0.4) is 0 Å². The van der Waals surface area contributed by atoms with Crippen molar-refractivity contribution in [3.8, 4) is 45.4 Å². The predicted octanol–water partition coefficient (Wildman–Crippen LogP) is 14.2. The summed E-state index contributed by atoms with van der Waals surface area (Å²) in [4.78, 5) is 23.7. The molecule has 0 unspecified atom stereocenters. The molecule has 0 spiro atoms. The van der Waals surface area contributed by atoms with E-state index in [-0.39, 0.29) is 11.5 Å². The van der Waals surface area contributed by atoms with E-state index in [0.717, 1.165) is 78.9 Å². The van der Waals surface area contributed by atoms with E-state index in [1.807, 2.05) is 62.4 Å². The van der Waals surface area contributed by atoms with Crippen LogP contribution in [0.25, 0.3) is 33.9 Å². The Labute approximate surface area is 382 Å². The third kappa shape index (κ3) is 11.1. The minimum absolute atomic E-state index is 0.273. The van der Waals surface area contributed by atoms with E-state index in [0.29, 0.717) is 24.0 Å². The summed E-state index contributed by atoms with van der Waals surface area (Å²) in [6.45, 7) is 7.77. The molecule has 0 bridgehead atoms. The topological polar surface area (TPSA) is 91.9 Å². The Bertz CT molecular complexity index is 2480. The van der Waals surface area contributed by atoms with Crippen molar-refractivity contribution in [1.82, 2.24) is 9.13 Å². The number of aryl methyl sites for hydroxylation is 2. The summed E-state index contributed by atoms with van der Waals surface area (Å²) in [5.41, 5.74) is 8.72. The second kappa shape index (κ2) is 21.3. The summed E-state index contributed by atoms with van der Waals surface area (Å²) in [6.07, 6.45) is 12.9. The number of aromatic carboxylic acids is 1. The molecule has 0 saturated heterocycles. The lowest BCUT2D eigenvalue weighted by Gasteiger charge is -2.23. The SMILES string of the molecule is CCOC(=O)c1cccc(-n2c(C)ccc2-c2cc(Br)ccc2OCC2CCCCC2)c1.Cc1ccc(-c2cc(Br)ccc2OCC2CCCCC2)n1-c1cccc(C(=O)O)c1. The molecule has 6 aromatic rings. The lowest BCUT2D eigenvalue weighted by atomic mass is 9.90. The van der Waals surface area contributed by atoms with E-state index in [1.54, 1.807) is 24.3 Å². The molecule has 1 N–H and O–H groups in total. The minimum Gasteiger partial charge on any atom is -0.493 e. The van der Waals surface area contributed by atoms with E-state index < -0.39 is 5.97 Å². The third-order valence-electron chi connectivity index (χ3n) is 12.0. The van der Waals surface area contributed by atoms with Crippen LogP contribution >= 0.6 is 31.9 Å². The number of carboxylic acids is 1. The molecule has 0 radical (unpaired) electrons. The quantitative estimate of drug-likeness (QED) is 0.116. The number of nitrogens with zero attached hydrogens (tertiary/aromatic N) is 2. The first-order valence-corrected chi connectivity index (χ1v) is 23.5. The fourth-order valence-corrected chi connectivity index (χ4v) is 9.45. The van der Waals surface area contributed by atoms with Crippen LogP contribution in [0.5, 0.6) is 11.5 Å². The minimum atomic E-state index is -0.929. The summed E-state index contributed by atoms with van der Waals surface area (Å²) in [5, 5.41) is 9.40. The van der Waals surface area contributed by atoms with Gasteiger partial charge in [-0.05, 0) is 155 Å². The highest BCUT2D eigenvalue weighted by atomic mass is 79.9. The largest absolute Gasteiger partial charge is 0.493 e. The number of carbonyl (C=O) groups is 2. The Morgan fingerprint density at radius 1 is 0.597 bits per heavy atom. The highest BCUT2D eigenvalue weighted by molar-refractivity contribution is 9.10. The molecule has 0 atom stereocenters. The van der Waals surface area contributed by atoms with Crippen LogP contribution in [0.4, 0.5) is 0 Å². The van der Waals surface area contributed by atoms with Crippen molar-refractivity contribution in [2.45, 2.75) is 85.0 Å².